The summed E-state index contributed by atoms with van der Waals surface area (Å²) in [5, 5.41) is 9.08. The van der Waals surface area contributed by atoms with Gasteiger partial charge in [-0.1, -0.05) is 36.4 Å². The monoisotopic (exact) mass is 228 g/mol. The largest absolute Gasteiger partial charge is 0.489 e. The Balaban J connectivity index is 2.02. The van der Waals surface area contributed by atoms with Gasteiger partial charge in [-0.15, -0.1) is 0 Å². The van der Waals surface area contributed by atoms with Gasteiger partial charge in [0.2, 0.25) is 0 Å². The van der Waals surface area contributed by atoms with E-state index in [-0.39, 0.29) is 6.61 Å². The van der Waals surface area contributed by atoms with Crippen LogP contribution in [0.4, 0.5) is 0 Å². The summed E-state index contributed by atoms with van der Waals surface area (Å²) in [6, 6.07) is 15.8. The molecule has 0 aliphatic carbocycles. The highest BCUT2D eigenvalue weighted by molar-refractivity contribution is 5.34. The average Bonchev–Trinajstić information content (AvgIpc) is 2.38. The molecule has 0 fully saturated rings. The molecule has 0 atom stereocenters. The van der Waals surface area contributed by atoms with Crippen molar-refractivity contribution in [2.75, 3.05) is 0 Å². The Morgan fingerprint density at radius 3 is 2.47 bits per heavy atom. The third-order valence-electron chi connectivity index (χ3n) is 2.73. The van der Waals surface area contributed by atoms with Crippen molar-refractivity contribution in [3.63, 3.8) is 0 Å². The van der Waals surface area contributed by atoms with E-state index in [1.54, 1.807) is 0 Å². The van der Waals surface area contributed by atoms with Gasteiger partial charge >= 0.3 is 0 Å². The minimum absolute atomic E-state index is 0.0742. The zero-order valence-electron chi connectivity index (χ0n) is 9.89. The molecule has 0 aliphatic rings. The lowest BCUT2D eigenvalue weighted by Crippen LogP contribution is -1.96. The quantitative estimate of drug-likeness (QED) is 0.871. The van der Waals surface area contributed by atoms with E-state index in [0.29, 0.717) is 6.61 Å². The lowest BCUT2D eigenvalue weighted by molar-refractivity contribution is 0.280. The zero-order valence-corrected chi connectivity index (χ0v) is 9.89. The number of hydrogen-bond donors (Lipinski definition) is 1. The van der Waals surface area contributed by atoms with E-state index in [1.807, 2.05) is 55.5 Å². The molecule has 1 N–H and O–H groups in total. The molecule has 17 heavy (non-hydrogen) atoms. The molecule has 0 aliphatic heterocycles. The van der Waals surface area contributed by atoms with Crippen LogP contribution in [0.3, 0.4) is 0 Å². The van der Waals surface area contributed by atoms with Crippen molar-refractivity contribution in [3.05, 3.63) is 65.2 Å². The molecule has 88 valence electrons. The van der Waals surface area contributed by atoms with E-state index in [2.05, 4.69) is 0 Å². The molecule has 0 aromatic heterocycles. The highest BCUT2D eigenvalue weighted by Gasteiger charge is 2.00. The molecule has 0 saturated carbocycles. The summed E-state index contributed by atoms with van der Waals surface area (Å²) in [4.78, 5) is 0. The minimum Gasteiger partial charge on any atom is -0.489 e. The van der Waals surface area contributed by atoms with Gasteiger partial charge in [-0.2, -0.15) is 0 Å². The number of aliphatic hydroxyl groups excluding tert-OH is 1. The maximum absolute atomic E-state index is 9.08. The third kappa shape index (κ3) is 3.08. The summed E-state index contributed by atoms with van der Waals surface area (Å²) < 4.78 is 5.69. The number of ether oxygens (including phenoxy) is 1. The molecule has 0 amide bonds. The molecule has 2 aromatic rings. The summed E-state index contributed by atoms with van der Waals surface area (Å²) in [6.45, 7) is 2.62. The van der Waals surface area contributed by atoms with Gasteiger partial charge in [-0.25, -0.2) is 0 Å². The van der Waals surface area contributed by atoms with Crippen LogP contribution in [0.2, 0.25) is 0 Å². The second-order valence-corrected chi connectivity index (χ2v) is 4.02. The van der Waals surface area contributed by atoms with Crippen molar-refractivity contribution in [2.45, 2.75) is 20.1 Å². The fourth-order valence-electron chi connectivity index (χ4n) is 1.68. The molecule has 0 bridgehead atoms. The molecular formula is C15H16O2. The Hall–Kier alpha value is -1.80. The van der Waals surface area contributed by atoms with Crippen LogP contribution < -0.4 is 4.74 Å². The van der Waals surface area contributed by atoms with Crippen molar-refractivity contribution >= 4 is 0 Å². The fourth-order valence-corrected chi connectivity index (χ4v) is 1.68. The molecular weight excluding hydrogens is 212 g/mol. The number of aryl methyl sites for hydroxylation is 1. The first-order chi connectivity index (χ1) is 8.29. The van der Waals surface area contributed by atoms with Crippen LogP contribution in [0.25, 0.3) is 0 Å². The van der Waals surface area contributed by atoms with Crippen LogP contribution in [0.1, 0.15) is 16.7 Å². The van der Waals surface area contributed by atoms with Crippen LogP contribution in [-0.2, 0) is 13.2 Å². The Morgan fingerprint density at radius 2 is 1.82 bits per heavy atom. The number of hydrogen-bond acceptors (Lipinski definition) is 2. The Morgan fingerprint density at radius 1 is 1.06 bits per heavy atom. The van der Waals surface area contributed by atoms with Gasteiger partial charge in [0, 0.05) is 0 Å². The first kappa shape index (κ1) is 11.7. The smallest absolute Gasteiger partial charge is 0.120 e. The topological polar surface area (TPSA) is 29.5 Å². The Kier molecular flexibility index (Phi) is 3.78. The SMILES string of the molecule is Cc1cc(OCc2ccccc2)ccc1CO. The predicted molar refractivity (Wildman–Crippen MR) is 67.9 cm³/mol. The summed E-state index contributed by atoms with van der Waals surface area (Å²) >= 11 is 0. The molecule has 0 radical (unpaired) electrons. The Bertz CT molecular complexity index is 478. The lowest BCUT2D eigenvalue weighted by atomic mass is 10.1. The maximum Gasteiger partial charge on any atom is 0.120 e. The van der Waals surface area contributed by atoms with Gasteiger partial charge in [0.25, 0.3) is 0 Å². The van der Waals surface area contributed by atoms with E-state index in [0.717, 1.165) is 22.4 Å². The van der Waals surface area contributed by atoms with Gasteiger partial charge in [0.05, 0.1) is 6.61 Å². The van der Waals surface area contributed by atoms with Crippen LogP contribution in [0.5, 0.6) is 5.75 Å². The van der Waals surface area contributed by atoms with E-state index in [4.69, 9.17) is 9.84 Å². The van der Waals surface area contributed by atoms with Crippen LogP contribution in [0, 0.1) is 6.92 Å². The highest BCUT2D eigenvalue weighted by atomic mass is 16.5. The first-order valence-corrected chi connectivity index (χ1v) is 5.66. The van der Waals surface area contributed by atoms with Gasteiger partial charge in [0.15, 0.2) is 0 Å². The van der Waals surface area contributed by atoms with Crippen LogP contribution in [0.15, 0.2) is 48.5 Å². The zero-order chi connectivity index (χ0) is 12.1. The Labute approximate surface area is 101 Å². The number of aliphatic hydroxyl groups is 1. The molecule has 2 aromatic carbocycles. The summed E-state index contributed by atoms with van der Waals surface area (Å²) in [6.07, 6.45) is 0. The average molecular weight is 228 g/mol. The van der Waals surface area contributed by atoms with E-state index in [9.17, 15) is 0 Å². The van der Waals surface area contributed by atoms with Gasteiger partial charge < -0.3 is 9.84 Å². The molecule has 2 heteroatoms. The van der Waals surface area contributed by atoms with Crippen molar-refractivity contribution in [2.24, 2.45) is 0 Å². The fraction of sp³-hybridized carbons (Fsp3) is 0.200. The van der Waals surface area contributed by atoms with Crippen LogP contribution >= 0.6 is 0 Å². The molecule has 2 nitrogen and oxygen atoms in total. The molecule has 0 unspecified atom stereocenters. The van der Waals surface area contributed by atoms with Crippen molar-refractivity contribution in [1.29, 1.82) is 0 Å². The molecule has 0 heterocycles. The van der Waals surface area contributed by atoms with Crippen molar-refractivity contribution in [3.8, 4) is 5.75 Å². The van der Waals surface area contributed by atoms with Gasteiger partial charge in [0.1, 0.15) is 12.4 Å². The molecule has 0 spiro atoms. The normalized spacial score (nSPS) is 10.2. The first-order valence-electron chi connectivity index (χ1n) is 5.66. The maximum atomic E-state index is 9.08. The minimum atomic E-state index is 0.0742. The summed E-state index contributed by atoms with van der Waals surface area (Å²) in [7, 11) is 0. The molecule has 0 saturated heterocycles. The highest BCUT2D eigenvalue weighted by Crippen LogP contribution is 2.18. The predicted octanol–water partition coefficient (Wildman–Crippen LogP) is 3.07. The van der Waals surface area contributed by atoms with Crippen molar-refractivity contribution < 1.29 is 9.84 Å². The summed E-state index contributed by atoms with van der Waals surface area (Å²) in [5.41, 5.74) is 3.14. The summed E-state index contributed by atoms with van der Waals surface area (Å²) in [5.74, 6) is 0.837. The van der Waals surface area contributed by atoms with E-state index < -0.39 is 0 Å². The number of benzene rings is 2. The standard InChI is InChI=1S/C15H16O2/c1-12-9-15(8-7-14(12)10-16)17-11-13-5-3-2-4-6-13/h2-9,16H,10-11H2,1H3. The van der Waals surface area contributed by atoms with Gasteiger partial charge in [-0.3, -0.25) is 0 Å². The lowest BCUT2D eigenvalue weighted by Gasteiger charge is -2.09. The third-order valence-corrected chi connectivity index (χ3v) is 2.73. The number of rotatable bonds is 4. The second kappa shape index (κ2) is 5.51. The van der Waals surface area contributed by atoms with Gasteiger partial charge in [-0.05, 0) is 35.7 Å². The van der Waals surface area contributed by atoms with E-state index in [1.165, 1.54) is 0 Å². The van der Waals surface area contributed by atoms with E-state index >= 15 is 0 Å². The second-order valence-electron chi connectivity index (χ2n) is 4.02. The molecule has 2 rings (SSSR count). The van der Waals surface area contributed by atoms with Crippen LogP contribution in [-0.4, -0.2) is 5.11 Å². The van der Waals surface area contributed by atoms with Crippen molar-refractivity contribution in [1.82, 2.24) is 0 Å².